The minimum atomic E-state index is -0.389. The first kappa shape index (κ1) is 14.9. The molecule has 0 bridgehead atoms. The van der Waals surface area contributed by atoms with Gasteiger partial charge in [-0.3, -0.25) is 9.59 Å². The molecule has 0 N–H and O–H groups in total. The van der Waals surface area contributed by atoms with Crippen LogP contribution in [-0.4, -0.2) is 29.4 Å². The fourth-order valence-electron chi connectivity index (χ4n) is 1.72. The van der Waals surface area contributed by atoms with Crippen molar-refractivity contribution in [3.8, 4) is 0 Å². The lowest BCUT2D eigenvalue weighted by molar-refractivity contribution is -0.145. The van der Waals surface area contributed by atoms with Crippen LogP contribution in [-0.2, 0) is 14.3 Å². The number of carbonyl (C=O) groups is 2. The molecular formula is C12H20O3S2. The largest absolute Gasteiger partial charge is 0.466 e. The fraction of sp³-hybridized carbons (Fsp3) is 0.833. The molecule has 1 fully saturated rings. The van der Waals surface area contributed by atoms with Crippen molar-refractivity contribution in [3.05, 3.63) is 0 Å². The highest BCUT2D eigenvalue weighted by Gasteiger charge is 2.16. The monoisotopic (exact) mass is 276 g/mol. The van der Waals surface area contributed by atoms with Crippen LogP contribution in [0.4, 0.5) is 0 Å². The van der Waals surface area contributed by atoms with Crippen molar-refractivity contribution < 1.29 is 14.3 Å². The molecule has 0 aromatic carbocycles. The van der Waals surface area contributed by atoms with Crippen LogP contribution in [0.5, 0.6) is 0 Å². The maximum Gasteiger partial charge on any atom is 0.313 e. The number of unbranched alkanes of at least 4 members (excludes halogenated alkanes) is 1. The van der Waals surface area contributed by atoms with Crippen molar-refractivity contribution >= 4 is 33.3 Å². The van der Waals surface area contributed by atoms with Gasteiger partial charge in [0.25, 0.3) is 0 Å². The summed E-state index contributed by atoms with van der Waals surface area (Å²) in [6, 6.07) is 0. The summed E-state index contributed by atoms with van der Waals surface area (Å²) in [6.45, 7) is 2.10. The highest BCUT2D eigenvalue weighted by atomic mass is 33.1. The average molecular weight is 276 g/mol. The number of esters is 1. The predicted molar refractivity (Wildman–Crippen MR) is 73.2 cm³/mol. The Morgan fingerprint density at radius 2 is 2.18 bits per heavy atom. The van der Waals surface area contributed by atoms with E-state index in [9.17, 15) is 9.59 Å². The van der Waals surface area contributed by atoms with Gasteiger partial charge in [0.15, 0.2) is 0 Å². The first-order chi connectivity index (χ1) is 8.22. The van der Waals surface area contributed by atoms with Crippen LogP contribution < -0.4 is 0 Å². The molecule has 1 aliphatic heterocycles. The van der Waals surface area contributed by atoms with Gasteiger partial charge in [0, 0.05) is 17.4 Å². The second-order valence-corrected chi connectivity index (χ2v) is 6.88. The van der Waals surface area contributed by atoms with Crippen LogP contribution in [0.15, 0.2) is 0 Å². The van der Waals surface area contributed by atoms with Crippen LogP contribution in [0.1, 0.15) is 45.4 Å². The van der Waals surface area contributed by atoms with Gasteiger partial charge in [-0.05, 0) is 26.2 Å². The summed E-state index contributed by atoms with van der Waals surface area (Å²) < 4.78 is 4.73. The van der Waals surface area contributed by atoms with Gasteiger partial charge in [-0.2, -0.15) is 0 Å². The van der Waals surface area contributed by atoms with Crippen molar-refractivity contribution in [1.82, 2.24) is 0 Å². The Morgan fingerprint density at radius 3 is 2.82 bits per heavy atom. The van der Waals surface area contributed by atoms with E-state index >= 15 is 0 Å². The molecule has 1 aliphatic rings. The number of carbonyl (C=O) groups excluding carboxylic acids is 2. The Labute approximate surface area is 111 Å². The number of ether oxygens (including phenoxy) is 1. The standard InChI is InChI=1S/C12H20O3S2/c1-2-15-12(14)9-10(13)5-3-4-6-11-7-8-16-17-11/h11H,2-9H2,1H3. The summed E-state index contributed by atoms with van der Waals surface area (Å²) in [5, 5.41) is 0.778. The van der Waals surface area contributed by atoms with E-state index in [1.165, 1.54) is 18.6 Å². The topological polar surface area (TPSA) is 43.4 Å². The van der Waals surface area contributed by atoms with Crippen LogP contribution >= 0.6 is 21.6 Å². The summed E-state index contributed by atoms with van der Waals surface area (Å²) in [4.78, 5) is 22.5. The van der Waals surface area contributed by atoms with Crippen molar-refractivity contribution in [2.75, 3.05) is 12.4 Å². The van der Waals surface area contributed by atoms with Gasteiger partial charge in [-0.25, -0.2) is 0 Å². The summed E-state index contributed by atoms with van der Waals surface area (Å²) in [6.07, 6.45) is 4.95. The van der Waals surface area contributed by atoms with Crippen molar-refractivity contribution in [1.29, 1.82) is 0 Å². The van der Waals surface area contributed by atoms with E-state index < -0.39 is 0 Å². The Morgan fingerprint density at radius 1 is 1.35 bits per heavy atom. The molecule has 98 valence electrons. The smallest absolute Gasteiger partial charge is 0.313 e. The Kier molecular flexibility index (Phi) is 7.77. The van der Waals surface area contributed by atoms with E-state index in [0.29, 0.717) is 13.0 Å². The van der Waals surface area contributed by atoms with Gasteiger partial charge in [-0.1, -0.05) is 28.0 Å². The zero-order valence-corrected chi connectivity index (χ0v) is 11.9. The summed E-state index contributed by atoms with van der Waals surface area (Å²) in [5.74, 6) is 0.883. The van der Waals surface area contributed by atoms with E-state index in [2.05, 4.69) is 0 Å². The summed E-state index contributed by atoms with van der Waals surface area (Å²) in [5.41, 5.74) is 0. The Bertz CT molecular complexity index is 250. The molecule has 0 amide bonds. The lowest BCUT2D eigenvalue weighted by atomic mass is 10.1. The molecule has 1 rings (SSSR count). The number of hydrogen-bond donors (Lipinski definition) is 0. The molecule has 0 aliphatic carbocycles. The normalized spacial score (nSPS) is 19.2. The van der Waals surface area contributed by atoms with Gasteiger partial charge < -0.3 is 4.74 Å². The van der Waals surface area contributed by atoms with Gasteiger partial charge in [-0.15, -0.1) is 0 Å². The minimum absolute atomic E-state index is 0.0110. The van der Waals surface area contributed by atoms with E-state index in [0.717, 1.165) is 18.1 Å². The van der Waals surface area contributed by atoms with Crippen molar-refractivity contribution in [3.63, 3.8) is 0 Å². The Hall–Kier alpha value is -0.160. The van der Waals surface area contributed by atoms with E-state index in [1.54, 1.807) is 6.92 Å². The molecule has 0 saturated carbocycles. The molecule has 1 unspecified atom stereocenters. The molecule has 1 atom stereocenters. The maximum absolute atomic E-state index is 11.4. The van der Waals surface area contributed by atoms with Crippen LogP contribution in [0.2, 0.25) is 0 Å². The molecule has 1 saturated heterocycles. The molecule has 5 heteroatoms. The van der Waals surface area contributed by atoms with Gasteiger partial charge in [0.05, 0.1) is 6.61 Å². The quantitative estimate of drug-likeness (QED) is 0.295. The molecule has 0 spiro atoms. The van der Waals surface area contributed by atoms with Crippen LogP contribution in [0.3, 0.4) is 0 Å². The minimum Gasteiger partial charge on any atom is -0.466 e. The highest BCUT2D eigenvalue weighted by Crippen LogP contribution is 2.39. The van der Waals surface area contributed by atoms with E-state index in [4.69, 9.17) is 4.74 Å². The zero-order valence-electron chi connectivity index (χ0n) is 10.3. The summed E-state index contributed by atoms with van der Waals surface area (Å²) in [7, 11) is 3.93. The van der Waals surface area contributed by atoms with Gasteiger partial charge >= 0.3 is 5.97 Å². The van der Waals surface area contributed by atoms with Gasteiger partial charge in [0.1, 0.15) is 12.2 Å². The van der Waals surface area contributed by atoms with Crippen LogP contribution in [0.25, 0.3) is 0 Å². The zero-order chi connectivity index (χ0) is 12.5. The molecule has 1 heterocycles. The van der Waals surface area contributed by atoms with Gasteiger partial charge in [0.2, 0.25) is 0 Å². The molecule has 0 radical (unpaired) electrons. The summed E-state index contributed by atoms with van der Waals surface area (Å²) >= 11 is 0. The number of rotatable bonds is 8. The maximum atomic E-state index is 11.4. The average Bonchev–Trinajstić information content (AvgIpc) is 2.77. The number of Topliss-reactive ketones (excluding diaryl/α,β-unsaturated/α-hetero) is 1. The first-order valence-corrected chi connectivity index (χ1v) is 8.56. The predicted octanol–water partition coefficient (Wildman–Crippen LogP) is 3.22. The lowest BCUT2D eigenvalue weighted by Crippen LogP contribution is -2.11. The second kappa shape index (κ2) is 8.86. The molecule has 3 nitrogen and oxygen atoms in total. The third-order valence-electron chi connectivity index (χ3n) is 2.61. The highest BCUT2D eigenvalue weighted by molar-refractivity contribution is 8.77. The SMILES string of the molecule is CCOC(=O)CC(=O)CCCCC1CCSS1. The third kappa shape index (κ3) is 6.99. The molecular weight excluding hydrogens is 256 g/mol. The fourth-order valence-corrected chi connectivity index (χ4v) is 4.75. The second-order valence-electron chi connectivity index (χ2n) is 4.10. The van der Waals surface area contributed by atoms with Crippen molar-refractivity contribution in [2.45, 2.75) is 50.7 Å². The molecule has 0 aromatic rings. The van der Waals surface area contributed by atoms with Crippen LogP contribution in [0, 0.1) is 0 Å². The van der Waals surface area contributed by atoms with E-state index in [1.807, 2.05) is 21.6 Å². The Balaban J connectivity index is 1.97. The molecule has 0 aromatic heterocycles. The lowest BCUT2D eigenvalue weighted by Gasteiger charge is -2.06. The number of hydrogen-bond acceptors (Lipinski definition) is 5. The third-order valence-corrected chi connectivity index (χ3v) is 5.61. The number of ketones is 1. The molecule has 17 heavy (non-hydrogen) atoms. The first-order valence-electron chi connectivity index (χ1n) is 6.18. The van der Waals surface area contributed by atoms with Crippen molar-refractivity contribution in [2.24, 2.45) is 0 Å². The van der Waals surface area contributed by atoms with E-state index in [-0.39, 0.29) is 18.2 Å².